The van der Waals surface area contributed by atoms with Crippen molar-refractivity contribution in [3.63, 3.8) is 0 Å². The summed E-state index contributed by atoms with van der Waals surface area (Å²) in [7, 11) is 0. The summed E-state index contributed by atoms with van der Waals surface area (Å²) in [5.41, 5.74) is 0. The summed E-state index contributed by atoms with van der Waals surface area (Å²) in [5, 5.41) is 9.55. The van der Waals surface area contributed by atoms with Crippen LogP contribution in [0.4, 0.5) is 0 Å². The van der Waals surface area contributed by atoms with Gasteiger partial charge in [-0.2, -0.15) is 4.98 Å². The van der Waals surface area contributed by atoms with Gasteiger partial charge in [0.25, 0.3) is 11.7 Å². The molecule has 0 bridgehead atoms. The van der Waals surface area contributed by atoms with Gasteiger partial charge in [-0.15, -0.1) is 0 Å². The number of amides is 1. The second-order valence-corrected chi connectivity index (χ2v) is 4.08. The highest BCUT2D eigenvalue weighted by atomic mass is 16.5. The summed E-state index contributed by atoms with van der Waals surface area (Å²) in [4.78, 5) is 15.4. The lowest BCUT2D eigenvalue weighted by atomic mass is 10.3. The summed E-state index contributed by atoms with van der Waals surface area (Å²) >= 11 is 0. The van der Waals surface area contributed by atoms with E-state index in [1.807, 2.05) is 6.92 Å². The van der Waals surface area contributed by atoms with Crippen molar-refractivity contribution in [2.45, 2.75) is 39.7 Å². The van der Waals surface area contributed by atoms with Crippen molar-refractivity contribution >= 4 is 5.91 Å². The van der Waals surface area contributed by atoms with Gasteiger partial charge in [-0.05, 0) is 19.9 Å². The van der Waals surface area contributed by atoms with Gasteiger partial charge in [0.05, 0.1) is 0 Å². The van der Waals surface area contributed by atoms with Crippen LogP contribution in [0.3, 0.4) is 0 Å². The lowest BCUT2D eigenvalue weighted by molar-refractivity contribution is 0.0942. The number of carbonyl (C=O) groups excluding carboxylic acids is 1. The van der Waals surface area contributed by atoms with Crippen LogP contribution in [-0.4, -0.2) is 35.2 Å². The fourth-order valence-electron chi connectivity index (χ4n) is 1.32. The Bertz CT molecular complexity index is 349. The van der Waals surface area contributed by atoms with Crippen molar-refractivity contribution in [3.05, 3.63) is 11.7 Å². The minimum Gasteiger partial charge on any atom is -0.349 e. The van der Waals surface area contributed by atoms with E-state index in [0.29, 0.717) is 24.9 Å². The lowest BCUT2D eigenvalue weighted by Gasteiger charge is -2.05. The van der Waals surface area contributed by atoms with Gasteiger partial charge in [-0.1, -0.05) is 19.0 Å². The highest BCUT2D eigenvalue weighted by Crippen LogP contribution is 2.00. The Hall–Kier alpha value is -1.43. The fourth-order valence-corrected chi connectivity index (χ4v) is 1.32. The first kappa shape index (κ1) is 13.6. The topological polar surface area (TPSA) is 80.0 Å². The van der Waals surface area contributed by atoms with Crippen molar-refractivity contribution < 1.29 is 9.32 Å². The molecule has 1 rings (SSSR count). The summed E-state index contributed by atoms with van der Waals surface area (Å²) < 4.78 is 4.99. The first-order chi connectivity index (χ1) is 8.13. The molecular formula is C11H20N4O2. The van der Waals surface area contributed by atoms with Crippen LogP contribution in [-0.2, 0) is 6.42 Å². The second-order valence-electron chi connectivity index (χ2n) is 4.08. The number of hydrogen-bond acceptors (Lipinski definition) is 5. The quantitative estimate of drug-likeness (QED) is 0.687. The highest BCUT2D eigenvalue weighted by Gasteiger charge is 2.12. The predicted octanol–water partition coefficient (Wildman–Crippen LogP) is 0.750. The third kappa shape index (κ3) is 4.95. The maximum absolute atomic E-state index is 11.4. The van der Waals surface area contributed by atoms with Crippen LogP contribution in [0.25, 0.3) is 0 Å². The largest absolute Gasteiger partial charge is 0.349 e. The van der Waals surface area contributed by atoms with Gasteiger partial charge in [-0.25, -0.2) is 0 Å². The molecule has 0 saturated heterocycles. The monoisotopic (exact) mass is 240 g/mol. The van der Waals surface area contributed by atoms with Gasteiger partial charge in [0, 0.05) is 19.0 Å². The lowest BCUT2D eigenvalue weighted by Crippen LogP contribution is -2.24. The van der Waals surface area contributed by atoms with Crippen molar-refractivity contribution in [1.82, 2.24) is 20.8 Å². The molecule has 0 aliphatic carbocycles. The average molecular weight is 240 g/mol. The first-order valence-corrected chi connectivity index (χ1v) is 5.97. The van der Waals surface area contributed by atoms with Crippen LogP contribution >= 0.6 is 0 Å². The Labute approximate surface area is 101 Å². The molecule has 0 fully saturated rings. The van der Waals surface area contributed by atoms with E-state index in [2.05, 4.69) is 34.6 Å². The molecular weight excluding hydrogens is 220 g/mol. The van der Waals surface area contributed by atoms with E-state index in [1.54, 1.807) is 0 Å². The normalized spacial score (nSPS) is 10.8. The van der Waals surface area contributed by atoms with Gasteiger partial charge in [-0.3, -0.25) is 4.79 Å². The molecule has 0 spiro atoms. The van der Waals surface area contributed by atoms with E-state index < -0.39 is 0 Å². The van der Waals surface area contributed by atoms with Crippen molar-refractivity contribution in [3.8, 4) is 0 Å². The van der Waals surface area contributed by atoms with Crippen LogP contribution in [0, 0.1) is 0 Å². The number of aryl methyl sites for hydroxylation is 1. The van der Waals surface area contributed by atoms with E-state index >= 15 is 0 Å². The SMILES string of the molecule is CCNC(=O)c1noc(CCCNC(C)C)n1. The average Bonchev–Trinajstić information content (AvgIpc) is 2.73. The Kier molecular flexibility index (Phi) is 5.62. The first-order valence-electron chi connectivity index (χ1n) is 5.97. The molecule has 1 aromatic heterocycles. The Morgan fingerprint density at radius 2 is 2.24 bits per heavy atom. The molecule has 0 unspecified atom stereocenters. The van der Waals surface area contributed by atoms with Crippen LogP contribution in [0.15, 0.2) is 4.52 Å². The molecule has 0 radical (unpaired) electrons. The van der Waals surface area contributed by atoms with Crippen LogP contribution < -0.4 is 10.6 Å². The summed E-state index contributed by atoms with van der Waals surface area (Å²) in [6, 6.07) is 0.476. The van der Waals surface area contributed by atoms with Gasteiger partial charge in [0.2, 0.25) is 5.89 Å². The zero-order chi connectivity index (χ0) is 12.7. The van der Waals surface area contributed by atoms with Crippen LogP contribution in [0.2, 0.25) is 0 Å². The van der Waals surface area contributed by atoms with Crippen molar-refractivity contribution in [2.75, 3.05) is 13.1 Å². The number of nitrogens with zero attached hydrogens (tertiary/aromatic N) is 2. The van der Waals surface area contributed by atoms with E-state index in [4.69, 9.17) is 4.52 Å². The van der Waals surface area contributed by atoms with Gasteiger partial charge in [0.1, 0.15) is 0 Å². The summed E-state index contributed by atoms with van der Waals surface area (Å²) in [5.74, 6) is 0.332. The number of rotatable bonds is 7. The molecule has 1 aromatic rings. The third-order valence-corrected chi connectivity index (χ3v) is 2.13. The number of nitrogens with one attached hydrogen (secondary N) is 2. The predicted molar refractivity (Wildman–Crippen MR) is 63.8 cm³/mol. The smallest absolute Gasteiger partial charge is 0.292 e. The molecule has 6 heteroatoms. The zero-order valence-corrected chi connectivity index (χ0v) is 10.6. The minimum absolute atomic E-state index is 0.110. The molecule has 6 nitrogen and oxygen atoms in total. The Balaban J connectivity index is 2.33. The fraction of sp³-hybridized carbons (Fsp3) is 0.727. The number of hydrogen-bond donors (Lipinski definition) is 2. The second kappa shape index (κ2) is 7.01. The molecule has 1 heterocycles. The molecule has 96 valence electrons. The van der Waals surface area contributed by atoms with Gasteiger partial charge >= 0.3 is 0 Å². The standard InChI is InChI=1S/C11H20N4O2/c1-4-12-11(16)10-14-9(17-15-10)6-5-7-13-8(2)3/h8,13H,4-7H2,1-3H3,(H,12,16). The molecule has 0 saturated carbocycles. The van der Waals surface area contributed by atoms with Gasteiger partial charge < -0.3 is 15.2 Å². The molecule has 0 aromatic carbocycles. The molecule has 0 aliphatic rings. The Morgan fingerprint density at radius 3 is 2.88 bits per heavy atom. The third-order valence-electron chi connectivity index (χ3n) is 2.13. The maximum atomic E-state index is 11.4. The minimum atomic E-state index is -0.289. The van der Waals surface area contributed by atoms with Gasteiger partial charge in [0.15, 0.2) is 0 Å². The molecule has 1 amide bonds. The molecule has 2 N–H and O–H groups in total. The molecule has 0 aliphatic heterocycles. The van der Waals surface area contributed by atoms with Crippen molar-refractivity contribution in [1.29, 1.82) is 0 Å². The Morgan fingerprint density at radius 1 is 1.47 bits per heavy atom. The summed E-state index contributed by atoms with van der Waals surface area (Å²) in [6.45, 7) is 7.49. The summed E-state index contributed by atoms with van der Waals surface area (Å²) in [6.07, 6.45) is 1.60. The van der Waals surface area contributed by atoms with E-state index in [-0.39, 0.29) is 11.7 Å². The maximum Gasteiger partial charge on any atom is 0.292 e. The zero-order valence-electron chi connectivity index (χ0n) is 10.6. The van der Waals surface area contributed by atoms with Crippen LogP contribution in [0.5, 0.6) is 0 Å². The van der Waals surface area contributed by atoms with Crippen molar-refractivity contribution in [2.24, 2.45) is 0 Å². The van der Waals surface area contributed by atoms with Crippen LogP contribution in [0.1, 0.15) is 43.7 Å². The number of aromatic nitrogens is 2. The molecule has 17 heavy (non-hydrogen) atoms. The highest BCUT2D eigenvalue weighted by molar-refractivity contribution is 5.90. The van der Waals surface area contributed by atoms with E-state index in [9.17, 15) is 4.79 Å². The molecule has 0 atom stereocenters. The van der Waals surface area contributed by atoms with E-state index in [0.717, 1.165) is 13.0 Å². The van der Waals surface area contributed by atoms with E-state index in [1.165, 1.54) is 0 Å². The number of carbonyl (C=O) groups is 1.